The van der Waals surface area contributed by atoms with Crippen molar-refractivity contribution in [3.63, 3.8) is 0 Å². The monoisotopic (exact) mass is 454 g/mol. The fraction of sp³-hybridized carbons (Fsp3) is 0.250. The number of Topliss-reactive ketones (excluding diaryl/α,β-unsaturated/α-hetero) is 1. The summed E-state index contributed by atoms with van der Waals surface area (Å²) in [7, 11) is 0. The molecule has 0 fully saturated rings. The van der Waals surface area contributed by atoms with Crippen LogP contribution in [0.5, 0.6) is 5.75 Å². The van der Waals surface area contributed by atoms with Crippen LogP contribution in [-0.2, 0) is 11.2 Å². The summed E-state index contributed by atoms with van der Waals surface area (Å²) in [4.78, 5) is 28.7. The van der Waals surface area contributed by atoms with E-state index < -0.39 is 0 Å². The zero-order chi connectivity index (χ0) is 22.1. The Morgan fingerprint density at radius 3 is 2.77 bits per heavy atom. The predicted molar refractivity (Wildman–Crippen MR) is 125 cm³/mol. The van der Waals surface area contributed by atoms with E-state index >= 15 is 0 Å². The van der Waals surface area contributed by atoms with Crippen molar-refractivity contribution in [2.24, 2.45) is 0 Å². The molecule has 1 atom stereocenters. The van der Waals surface area contributed by atoms with E-state index in [2.05, 4.69) is 16.4 Å². The number of aromatic amines is 1. The molecule has 4 rings (SSSR count). The lowest BCUT2D eigenvalue weighted by molar-refractivity contribution is -0.116. The molecule has 2 N–H and O–H groups in total. The van der Waals surface area contributed by atoms with Gasteiger partial charge in [-0.05, 0) is 68.3 Å². The molecule has 0 radical (unpaired) electrons. The number of nitrogens with one attached hydrogen (secondary N) is 2. The molecule has 0 saturated carbocycles. The topological polar surface area (TPSA) is 71.2 Å². The van der Waals surface area contributed by atoms with Gasteiger partial charge in [0.05, 0.1) is 16.4 Å². The van der Waals surface area contributed by atoms with Gasteiger partial charge in [-0.3, -0.25) is 9.59 Å². The molecule has 1 aliphatic heterocycles. The molecular weight excluding hydrogens is 432 g/mol. The molecule has 160 valence electrons. The number of rotatable bonds is 6. The number of hydrogen-bond donors (Lipinski definition) is 2. The smallest absolute Gasteiger partial charge is 0.244 e. The van der Waals surface area contributed by atoms with E-state index in [0.717, 1.165) is 37.8 Å². The number of thiophene rings is 1. The molecule has 1 aromatic carbocycles. The second-order valence-electron chi connectivity index (χ2n) is 7.72. The molecule has 0 aliphatic carbocycles. The van der Waals surface area contributed by atoms with Crippen molar-refractivity contribution in [2.45, 2.75) is 33.3 Å². The van der Waals surface area contributed by atoms with E-state index in [0.29, 0.717) is 23.7 Å². The van der Waals surface area contributed by atoms with Crippen LogP contribution in [-0.4, -0.2) is 29.3 Å². The van der Waals surface area contributed by atoms with E-state index in [4.69, 9.17) is 16.3 Å². The summed E-state index contributed by atoms with van der Waals surface area (Å²) in [5.74, 6) is 0.556. The Morgan fingerprint density at radius 1 is 1.29 bits per heavy atom. The number of halogens is 1. The number of benzene rings is 1. The summed E-state index contributed by atoms with van der Waals surface area (Å²) in [6.45, 7) is 5.91. The van der Waals surface area contributed by atoms with Crippen LogP contribution in [0.15, 0.2) is 36.4 Å². The first-order valence-corrected chi connectivity index (χ1v) is 11.2. The largest absolute Gasteiger partial charge is 0.486 e. The van der Waals surface area contributed by atoms with Gasteiger partial charge in [-0.2, -0.15) is 0 Å². The number of fused-ring (bicyclic) bond motifs is 1. The van der Waals surface area contributed by atoms with Gasteiger partial charge >= 0.3 is 0 Å². The van der Waals surface area contributed by atoms with Crippen molar-refractivity contribution in [3.8, 4) is 16.2 Å². The number of carbonyl (C=O) groups excluding carboxylic acids is 2. The first-order chi connectivity index (χ1) is 14.8. The van der Waals surface area contributed by atoms with Crippen molar-refractivity contribution in [2.75, 3.05) is 6.54 Å². The van der Waals surface area contributed by atoms with Crippen LogP contribution in [0, 0.1) is 13.8 Å². The molecular formula is C24H23ClN2O3S. The van der Waals surface area contributed by atoms with Gasteiger partial charge in [0.1, 0.15) is 11.9 Å². The minimum absolute atomic E-state index is 0.0542. The lowest BCUT2D eigenvalue weighted by Gasteiger charge is -2.11. The molecule has 1 unspecified atom stereocenters. The van der Waals surface area contributed by atoms with Gasteiger partial charge in [-0.1, -0.05) is 11.6 Å². The van der Waals surface area contributed by atoms with Gasteiger partial charge < -0.3 is 15.0 Å². The zero-order valence-electron chi connectivity index (χ0n) is 17.5. The van der Waals surface area contributed by atoms with E-state index in [1.165, 1.54) is 17.4 Å². The molecule has 0 spiro atoms. The molecule has 31 heavy (non-hydrogen) atoms. The van der Waals surface area contributed by atoms with Crippen molar-refractivity contribution < 1.29 is 14.3 Å². The third kappa shape index (κ3) is 4.75. The molecule has 2 aromatic heterocycles. The number of ether oxygens (including phenoxy) is 1. The minimum atomic E-state index is -0.174. The normalized spacial score (nSPS) is 15.2. The van der Waals surface area contributed by atoms with Gasteiger partial charge in [0.15, 0.2) is 5.78 Å². The second kappa shape index (κ2) is 8.73. The van der Waals surface area contributed by atoms with E-state index in [1.807, 2.05) is 38.1 Å². The Morgan fingerprint density at radius 2 is 2.10 bits per heavy atom. The Bertz CT molecular complexity index is 1190. The van der Waals surface area contributed by atoms with Crippen LogP contribution < -0.4 is 10.1 Å². The predicted octanol–water partition coefficient (Wildman–Crippen LogP) is 5.35. The Hall–Kier alpha value is -2.83. The Balaban J connectivity index is 1.39. The number of amides is 1. The summed E-state index contributed by atoms with van der Waals surface area (Å²) in [5, 5.41) is 3.44. The van der Waals surface area contributed by atoms with Crippen LogP contribution in [0.2, 0.25) is 5.02 Å². The summed E-state index contributed by atoms with van der Waals surface area (Å²) < 4.78 is 5.98. The summed E-state index contributed by atoms with van der Waals surface area (Å²) in [6, 6.07) is 9.69. The average Bonchev–Trinajstić information content (AvgIpc) is 3.43. The van der Waals surface area contributed by atoms with E-state index in [9.17, 15) is 9.59 Å². The number of ketones is 1. The molecule has 1 aliphatic rings. The fourth-order valence-electron chi connectivity index (χ4n) is 3.68. The second-order valence-corrected chi connectivity index (χ2v) is 9.21. The first-order valence-electron chi connectivity index (χ1n) is 10.0. The fourth-order valence-corrected chi connectivity index (χ4v) is 4.86. The van der Waals surface area contributed by atoms with E-state index in [-0.39, 0.29) is 17.8 Å². The van der Waals surface area contributed by atoms with Crippen LogP contribution in [0.4, 0.5) is 0 Å². The van der Waals surface area contributed by atoms with Gasteiger partial charge in [-0.15, -0.1) is 11.3 Å². The molecule has 1 amide bonds. The first kappa shape index (κ1) is 21.4. The molecule has 3 aromatic rings. The van der Waals surface area contributed by atoms with Crippen LogP contribution in [0.25, 0.3) is 16.5 Å². The van der Waals surface area contributed by atoms with Crippen molar-refractivity contribution in [3.05, 3.63) is 68.8 Å². The lowest BCUT2D eigenvalue weighted by atomic mass is 10.1. The maximum atomic E-state index is 12.2. The highest BCUT2D eigenvalue weighted by Gasteiger charge is 2.26. The average molecular weight is 455 g/mol. The number of aryl methyl sites for hydroxylation is 2. The zero-order valence-corrected chi connectivity index (χ0v) is 19.1. The standard InChI is InChI=1S/C24H23ClN2O3S/c1-13-8-16(14(2)27-13)4-7-23(29)26-12-19-10-18-9-17(11-20(25)24(18)30-19)22-6-5-21(31-22)15(3)28/h4-9,11,19,27H,10,12H2,1-3H3,(H,26,29)/b7-4+. The van der Waals surface area contributed by atoms with Crippen LogP contribution in [0.1, 0.15) is 39.1 Å². The summed E-state index contributed by atoms with van der Waals surface area (Å²) in [5.41, 5.74) is 5.06. The Kier molecular flexibility index (Phi) is 6.03. The van der Waals surface area contributed by atoms with Crippen molar-refractivity contribution in [1.82, 2.24) is 10.3 Å². The molecule has 0 bridgehead atoms. The SMILES string of the molecule is CC(=O)c1ccc(-c2cc(Cl)c3c(c2)CC(CNC(=O)/C=C/c2cc(C)[nH]c2C)O3)s1. The summed E-state index contributed by atoms with van der Waals surface area (Å²) in [6.07, 6.45) is 3.82. The van der Waals surface area contributed by atoms with Gasteiger partial charge in [0, 0.05) is 34.3 Å². The van der Waals surface area contributed by atoms with E-state index in [1.54, 1.807) is 13.0 Å². The van der Waals surface area contributed by atoms with Gasteiger partial charge in [0.25, 0.3) is 0 Å². The maximum Gasteiger partial charge on any atom is 0.244 e. The molecule has 7 heteroatoms. The number of H-pyrrole nitrogens is 1. The van der Waals surface area contributed by atoms with Gasteiger partial charge in [0.2, 0.25) is 5.91 Å². The van der Waals surface area contributed by atoms with Crippen molar-refractivity contribution in [1.29, 1.82) is 0 Å². The molecule has 5 nitrogen and oxygen atoms in total. The van der Waals surface area contributed by atoms with Crippen LogP contribution in [0.3, 0.4) is 0 Å². The Labute approximate surface area is 190 Å². The highest BCUT2D eigenvalue weighted by Crippen LogP contribution is 2.41. The third-order valence-electron chi connectivity index (χ3n) is 5.20. The number of aromatic nitrogens is 1. The summed E-state index contributed by atoms with van der Waals surface area (Å²) >= 11 is 7.92. The van der Waals surface area contributed by atoms with Gasteiger partial charge in [-0.25, -0.2) is 0 Å². The number of hydrogen-bond acceptors (Lipinski definition) is 4. The number of carbonyl (C=O) groups is 2. The molecule has 3 heterocycles. The van der Waals surface area contributed by atoms with Crippen LogP contribution >= 0.6 is 22.9 Å². The maximum absolute atomic E-state index is 12.2. The third-order valence-corrected chi connectivity index (χ3v) is 6.71. The highest BCUT2D eigenvalue weighted by molar-refractivity contribution is 7.17. The quantitative estimate of drug-likeness (QED) is 0.389. The minimum Gasteiger partial charge on any atom is -0.486 e. The highest BCUT2D eigenvalue weighted by atomic mass is 35.5. The lowest BCUT2D eigenvalue weighted by Crippen LogP contribution is -2.33. The van der Waals surface area contributed by atoms with Crippen molar-refractivity contribution >= 4 is 40.7 Å². The molecule has 0 saturated heterocycles.